The van der Waals surface area contributed by atoms with Gasteiger partial charge in [-0.05, 0) is 13.0 Å². The molecule has 0 aliphatic carbocycles. The van der Waals surface area contributed by atoms with Crippen LogP contribution in [0.25, 0.3) is 0 Å². The van der Waals surface area contributed by atoms with E-state index < -0.39 is 0 Å². The van der Waals surface area contributed by atoms with Crippen molar-refractivity contribution in [2.45, 2.75) is 19.4 Å². The molecule has 0 N–H and O–H groups in total. The van der Waals surface area contributed by atoms with Gasteiger partial charge in [-0.2, -0.15) is 0 Å². The number of rotatable bonds is 2. The molecule has 0 aromatic carbocycles. The van der Waals surface area contributed by atoms with E-state index in [2.05, 4.69) is 23.8 Å². The first-order valence-corrected chi connectivity index (χ1v) is 4.72. The van der Waals surface area contributed by atoms with Gasteiger partial charge in [-0.1, -0.05) is 13.3 Å². The summed E-state index contributed by atoms with van der Waals surface area (Å²) in [6.45, 7) is 7.64. The Hall–Kier alpha value is -0.0800. The molecule has 0 spiro atoms. The Morgan fingerprint density at radius 1 is 1.18 bits per heavy atom. The zero-order chi connectivity index (χ0) is 7.84. The highest BCUT2D eigenvalue weighted by molar-refractivity contribution is 4.92. The molecule has 0 amide bonds. The lowest BCUT2D eigenvalue weighted by atomic mass is 9.93. The number of likely N-dealkylation sites (tertiary alicyclic amines) is 2. The monoisotopic (exact) mass is 154 g/mol. The number of likely N-dealkylation sites (N-methyl/N-ethyl adjacent to an activating group) is 1. The molecule has 2 heterocycles. The molecule has 0 atom stereocenters. The number of nitrogens with zero attached hydrogens (tertiary/aromatic N) is 2. The van der Waals surface area contributed by atoms with Crippen LogP contribution in [0.2, 0.25) is 0 Å². The van der Waals surface area contributed by atoms with E-state index in [-0.39, 0.29) is 0 Å². The fourth-order valence-electron chi connectivity index (χ4n) is 2.06. The maximum atomic E-state index is 2.63. The van der Waals surface area contributed by atoms with Gasteiger partial charge in [0.2, 0.25) is 0 Å². The van der Waals surface area contributed by atoms with Crippen molar-refractivity contribution in [1.29, 1.82) is 0 Å². The van der Waals surface area contributed by atoms with Crippen molar-refractivity contribution >= 4 is 0 Å². The van der Waals surface area contributed by atoms with Crippen LogP contribution in [0.5, 0.6) is 0 Å². The Bertz CT molecular complexity index is 134. The summed E-state index contributed by atoms with van der Waals surface area (Å²) in [5, 5.41) is 0. The lowest BCUT2D eigenvalue weighted by molar-refractivity contribution is -0.0213. The summed E-state index contributed by atoms with van der Waals surface area (Å²) in [7, 11) is 2.20. The van der Waals surface area contributed by atoms with Gasteiger partial charge in [-0.15, -0.1) is 0 Å². The molecular formula is C9H18N2. The smallest absolute Gasteiger partial charge is 0.0350 e. The van der Waals surface area contributed by atoms with E-state index in [4.69, 9.17) is 0 Å². The number of hydrogen-bond acceptors (Lipinski definition) is 2. The third kappa shape index (κ3) is 1.30. The lowest BCUT2D eigenvalue weighted by Gasteiger charge is -2.51. The third-order valence-corrected chi connectivity index (χ3v) is 3.12. The quantitative estimate of drug-likeness (QED) is 0.576. The molecule has 2 fully saturated rings. The Kier molecular flexibility index (Phi) is 1.90. The van der Waals surface area contributed by atoms with Gasteiger partial charge in [0.1, 0.15) is 0 Å². The van der Waals surface area contributed by atoms with E-state index in [0.29, 0.717) is 0 Å². The Labute approximate surface area is 69.2 Å². The SMILES string of the molecule is CCC1CN(C2CN(C)C2)C1. The first-order valence-electron chi connectivity index (χ1n) is 4.72. The summed E-state index contributed by atoms with van der Waals surface area (Å²) in [6, 6.07) is 0.905. The van der Waals surface area contributed by atoms with E-state index in [9.17, 15) is 0 Å². The molecule has 11 heavy (non-hydrogen) atoms. The van der Waals surface area contributed by atoms with Gasteiger partial charge in [0.05, 0.1) is 0 Å². The van der Waals surface area contributed by atoms with Gasteiger partial charge in [0, 0.05) is 32.2 Å². The molecule has 2 nitrogen and oxygen atoms in total. The number of hydrogen-bond donors (Lipinski definition) is 0. The maximum absolute atomic E-state index is 2.63. The van der Waals surface area contributed by atoms with Crippen molar-refractivity contribution in [3.63, 3.8) is 0 Å². The highest BCUT2D eigenvalue weighted by Crippen LogP contribution is 2.24. The van der Waals surface area contributed by atoms with Crippen LogP contribution in [-0.2, 0) is 0 Å². The molecule has 64 valence electrons. The highest BCUT2D eigenvalue weighted by atomic mass is 15.3. The van der Waals surface area contributed by atoms with E-state index in [1.807, 2.05) is 0 Å². The average Bonchev–Trinajstić information content (AvgIpc) is 1.81. The molecule has 0 bridgehead atoms. The van der Waals surface area contributed by atoms with Crippen molar-refractivity contribution in [1.82, 2.24) is 9.80 Å². The van der Waals surface area contributed by atoms with Crippen LogP contribution in [0.1, 0.15) is 13.3 Å². The highest BCUT2D eigenvalue weighted by Gasteiger charge is 2.36. The molecule has 2 aliphatic heterocycles. The zero-order valence-electron chi connectivity index (χ0n) is 7.58. The third-order valence-electron chi connectivity index (χ3n) is 3.12. The maximum Gasteiger partial charge on any atom is 0.0350 e. The molecule has 0 radical (unpaired) electrons. The second-order valence-corrected chi connectivity index (χ2v) is 4.10. The fraction of sp³-hybridized carbons (Fsp3) is 1.00. The summed E-state index contributed by atoms with van der Waals surface area (Å²) >= 11 is 0. The van der Waals surface area contributed by atoms with E-state index >= 15 is 0 Å². The van der Waals surface area contributed by atoms with Crippen LogP contribution < -0.4 is 0 Å². The first kappa shape index (κ1) is 7.56. The van der Waals surface area contributed by atoms with Crippen molar-refractivity contribution in [2.24, 2.45) is 5.92 Å². The summed E-state index contributed by atoms with van der Waals surface area (Å²) in [6.07, 6.45) is 1.37. The van der Waals surface area contributed by atoms with Gasteiger partial charge in [0.25, 0.3) is 0 Å². The summed E-state index contributed by atoms with van der Waals surface area (Å²) in [5.41, 5.74) is 0. The molecule has 2 saturated heterocycles. The van der Waals surface area contributed by atoms with Crippen LogP contribution in [0.3, 0.4) is 0 Å². The summed E-state index contributed by atoms with van der Waals surface area (Å²) in [5.74, 6) is 1.01. The molecule has 2 heteroatoms. The van der Waals surface area contributed by atoms with Gasteiger partial charge in [-0.3, -0.25) is 4.90 Å². The van der Waals surface area contributed by atoms with Crippen LogP contribution >= 0.6 is 0 Å². The summed E-state index contributed by atoms with van der Waals surface area (Å²) in [4.78, 5) is 5.03. The van der Waals surface area contributed by atoms with Crippen LogP contribution in [0.15, 0.2) is 0 Å². The molecule has 0 saturated carbocycles. The van der Waals surface area contributed by atoms with E-state index in [1.54, 1.807) is 0 Å². The molecule has 0 aromatic rings. The Morgan fingerprint density at radius 2 is 1.82 bits per heavy atom. The summed E-state index contributed by atoms with van der Waals surface area (Å²) < 4.78 is 0. The first-order chi connectivity index (χ1) is 5.29. The van der Waals surface area contributed by atoms with Crippen molar-refractivity contribution in [2.75, 3.05) is 33.2 Å². The Balaban J connectivity index is 1.67. The van der Waals surface area contributed by atoms with E-state index in [0.717, 1.165) is 12.0 Å². The largest absolute Gasteiger partial charge is 0.303 e. The van der Waals surface area contributed by atoms with Gasteiger partial charge in [-0.25, -0.2) is 0 Å². The zero-order valence-corrected chi connectivity index (χ0v) is 7.58. The normalized spacial score (nSPS) is 30.0. The van der Waals surface area contributed by atoms with Crippen LogP contribution in [0, 0.1) is 5.92 Å². The van der Waals surface area contributed by atoms with Crippen molar-refractivity contribution in [3.8, 4) is 0 Å². The minimum atomic E-state index is 0.905. The topological polar surface area (TPSA) is 6.48 Å². The van der Waals surface area contributed by atoms with Crippen LogP contribution in [-0.4, -0.2) is 49.1 Å². The second kappa shape index (κ2) is 2.76. The Morgan fingerprint density at radius 3 is 2.27 bits per heavy atom. The predicted octanol–water partition coefficient (Wildman–Crippen LogP) is 0.642. The fourth-order valence-corrected chi connectivity index (χ4v) is 2.06. The minimum Gasteiger partial charge on any atom is -0.303 e. The molecule has 0 aromatic heterocycles. The van der Waals surface area contributed by atoms with Crippen molar-refractivity contribution in [3.05, 3.63) is 0 Å². The van der Waals surface area contributed by atoms with Gasteiger partial charge < -0.3 is 4.90 Å². The lowest BCUT2D eigenvalue weighted by Crippen LogP contribution is -2.64. The van der Waals surface area contributed by atoms with E-state index in [1.165, 1.54) is 32.6 Å². The predicted molar refractivity (Wildman–Crippen MR) is 46.6 cm³/mol. The van der Waals surface area contributed by atoms with Gasteiger partial charge >= 0.3 is 0 Å². The standard InChI is InChI=1S/C9H18N2/c1-3-8-4-11(5-8)9-6-10(2)7-9/h8-9H,3-7H2,1-2H3. The van der Waals surface area contributed by atoms with Gasteiger partial charge in [0.15, 0.2) is 0 Å². The van der Waals surface area contributed by atoms with Crippen LogP contribution in [0.4, 0.5) is 0 Å². The molecular weight excluding hydrogens is 136 g/mol. The average molecular weight is 154 g/mol. The molecule has 2 aliphatic rings. The minimum absolute atomic E-state index is 0.905. The second-order valence-electron chi connectivity index (χ2n) is 4.10. The molecule has 0 unspecified atom stereocenters. The van der Waals surface area contributed by atoms with Crippen molar-refractivity contribution < 1.29 is 0 Å². The molecule has 2 rings (SSSR count).